The molecular formula is C14H21NO2S. The average molecular weight is 267 g/mol. The van der Waals surface area contributed by atoms with Crippen LogP contribution in [0.25, 0.3) is 0 Å². The van der Waals surface area contributed by atoms with E-state index >= 15 is 0 Å². The lowest BCUT2D eigenvalue weighted by molar-refractivity contribution is -0.145. The summed E-state index contributed by atoms with van der Waals surface area (Å²) in [6, 6.07) is 2.12. The molecule has 4 heteroatoms. The third kappa shape index (κ3) is 4.69. The lowest BCUT2D eigenvalue weighted by atomic mass is 9.97. The molecule has 1 N–H and O–H groups in total. The molecule has 0 radical (unpaired) electrons. The summed E-state index contributed by atoms with van der Waals surface area (Å²) in [6.45, 7) is 5.66. The van der Waals surface area contributed by atoms with Gasteiger partial charge in [0.1, 0.15) is 0 Å². The summed E-state index contributed by atoms with van der Waals surface area (Å²) in [4.78, 5) is 16.3. The summed E-state index contributed by atoms with van der Waals surface area (Å²) in [7, 11) is 0. The highest BCUT2D eigenvalue weighted by Crippen LogP contribution is 2.28. The van der Waals surface area contributed by atoms with Gasteiger partial charge in [-0.25, -0.2) is 0 Å². The molecule has 0 fully saturated rings. The van der Waals surface area contributed by atoms with E-state index in [1.165, 1.54) is 12.0 Å². The van der Waals surface area contributed by atoms with Gasteiger partial charge in [0.2, 0.25) is 0 Å². The number of pyridine rings is 1. The first-order chi connectivity index (χ1) is 8.45. The SMILES string of the molecule is CCCCc1cncc(SCC(C)(C)C(=O)O)c1. The molecule has 1 rings (SSSR count). The van der Waals surface area contributed by atoms with E-state index in [1.807, 2.05) is 6.20 Å². The molecule has 0 aliphatic heterocycles. The maximum absolute atomic E-state index is 11.0. The molecule has 18 heavy (non-hydrogen) atoms. The zero-order valence-electron chi connectivity index (χ0n) is 11.3. The highest BCUT2D eigenvalue weighted by Gasteiger charge is 2.27. The van der Waals surface area contributed by atoms with Gasteiger partial charge >= 0.3 is 5.97 Å². The third-order valence-electron chi connectivity index (χ3n) is 2.77. The maximum Gasteiger partial charge on any atom is 0.309 e. The van der Waals surface area contributed by atoms with Crippen molar-refractivity contribution in [3.8, 4) is 0 Å². The first kappa shape index (κ1) is 15.0. The Morgan fingerprint density at radius 2 is 2.17 bits per heavy atom. The predicted octanol–water partition coefficient (Wildman–Crippen LogP) is 3.63. The van der Waals surface area contributed by atoms with E-state index in [9.17, 15) is 4.79 Å². The second-order valence-electron chi connectivity index (χ2n) is 5.11. The normalized spacial score (nSPS) is 11.5. The highest BCUT2D eigenvalue weighted by molar-refractivity contribution is 7.99. The Morgan fingerprint density at radius 3 is 2.78 bits per heavy atom. The van der Waals surface area contributed by atoms with Gasteiger partial charge in [0.05, 0.1) is 5.41 Å². The quantitative estimate of drug-likeness (QED) is 0.766. The monoisotopic (exact) mass is 267 g/mol. The van der Waals surface area contributed by atoms with Crippen molar-refractivity contribution in [2.75, 3.05) is 5.75 Å². The van der Waals surface area contributed by atoms with Crippen LogP contribution >= 0.6 is 11.8 Å². The summed E-state index contributed by atoms with van der Waals surface area (Å²) in [6.07, 6.45) is 7.07. The molecular weight excluding hydrogens is 246 g/mol. The minimum Gasteiger partial charge on any atom is -0.481 e. The molecule has 0 aliphatic carbocycles. The van der Waals surface area contributed by atoms with Crippen LogP contribution in [0.4, 0.5) is 0 Å². The van der Waals surface area contributed by atoms with E-state index in [0.717, 1.165) is 17.7 Å². The van der Waals surface area contributed by atoms with Gasteiger partial charge in [0.15, 0.2) is 0 Å². The Hall–Kier alpha value is -1.03. The van der Waals surface area contributed by atoms with Crippen molar-refractivity contribution in [1.29, 1.82) is 0 Å². The van der Waals surface area contributed by atoms with E-state index in [1.54, 1.807) is 31.8 Å². The van der Waals surface area contributed by atoms with E-state index in [-0.39, 0.29) is 0 Å². The molecule has 3 nitrogen and oxygen atoms in total. The topological polar surface area (TPSA) is 50.2 Å². The molecule has 0 aromatic carbocycles. The van der Waals surface area contributed by atoms with Crippen LogP contribution in [0.5, 0.6) is 0 Å². The molecule has 0 bridgehead atoms. The molecule has 0 amide bonds. The van der Waals surface area contributed by atoms with Gasteiger partial charge in [-0.1, -0.05) is 13.3 Å². The number of carboxylic acid groups (broad SMARTS) is 1. The van der Waals surface area contributed by atoms with E-state index in [2.05, 4.69) is 18.0 Å². The molecule has 0 aliphatic rings. The summed E-state index contributed by atoms with van der Waals surface area (Å²) in [5, 5.41) is 9.06. The molecule has 0 saturated heterocycles. The number of aliphatic carboxylic acids is 1. The van der Waals surface area contributed by atoms with Crippen molar-refractivity contribution in [3.05, 3.63) is 24.0 Å². The molecule has 0 spiro atoms. The molecule has 1 aromatic rings. The Morgan fingerprint density at radius 1 is 1.44 bits per heavy atom. The van der Waals surface area contributed by atoms with Crippen LogP contribution < -0.4 is 0 Å². The Balaban J connectivity index is 2.60. The maximum atomic E-state index is 11.0. The number of aryl methyl sites for hydroxylation is 1. The van der Waals surface area contributed by atoms with Gasteiger partial charge in [-0.15, -0.1) is 11.8 Å². The van der Waals surface area contributed by atoms with Crippen LogP contribution in [0.2, 0.25) is 0 Å². The smallest absolute Gasteiger partial charge is 0.309 e. The largest absolute Gasteiger partial charge is 0.481 e. The van der Waals surface area contributed by atoms with Crippen molar-refractivity contribution < 1.29 is 9.90 Å². The van der Waals surface area contributed by atoms with E-state index in [0.29, 0.717) is 5.75 Å². The number of hydrogen-bond acceptors (Lipinski definition) is 3. The number of hydrogen-bond donors (Lipinski definition) is 1. The minimum absolute atomic E-state index is 0.557. The van der Waals surface area contributed by atoms with E-state index < -0.39 is 11.4 Å². The first-order valence-electron chi connectivity index (χ1n) is 6.26. The fourth-order valence-corrected chi connectivity index (χ4v) is 2.41. The van der Waals surface area contributed by atoms with Crippen molar-refractivity contribution in [1.82, 2.24) is 4.98 Å². The number of rotatable bonds is 7. The summed E-state index contributed by atoms with van der Waals surface area (Å²) in [5.41, 5.74) is 0.527. The lowest BCUT2D eigenvalue weighted by Gasteiger charge is -2.18. The number of carbonyl (C=O) groups is 1. The van der Waals surface area contributed by atoms with E-state index in [4.69, 9.17) is 5.11 Å². The fourth-order valence-electron chi connectivity index (χ4n) is 1.39. The van der Waals surface area contributed by atoms with Gasteiger partial charge in [0, 0.05) is 23.0 Å². The molecule has 0 saturated carbocycles. The first-order valence-corrected chi connectivity index (χ1v) is 7.24. The number of aromatic nitrogens is 1. The van der Waals surface area contributed by atoms with Crippen molar-refractivity contribution in [2.24, 2.45) is 5.41 Å². The molecule has 100 valence electrons. The van der Waals surface area contributed by atoms with Gasteiger partial charge < -0.3 is 5.11 Å². The van der Waals surface area contributed by atoms with Crippen LogP contribution in [-0.2, 0) is 11.2 Å². The lowest BCUT2D eigenvalue weighted by Crippen LogP contribution is -2.26. The second-order valence-corrected chi connectivity index (χ2v) is 6.16. The second kappa shape index (κ2) is 6.78. The van der Waals surface area contributed by atoms with Gasteiger partial charge in [0.25, 0.3) is 0 Å². The summed E-state index contributed by atoms with van der Waals surface area (Å²) >= 11 is 1.56. The summed E-state index contributed by atoms with van der Waals surface area (Å²) in [5.74, 6) is -0.202. The Bertz CT molecular complexity index is 405. The van der Waals surface area contributed by atoms with Gasteiger partial charge in [-0.2, -0.15) is 0 Å². The molecule has 0 unspecified atom stereocenters. The number of carboxylic acids is 1. The van der Waals surface area contributed by atoms with Crippen molar-refractivity contribution >= 4 is 17.7 Å². The van der Waals surface area contributed by atoms with Crippen LogP contribution in [0, 0.1) is 5.41 Å². The zero-order valence-corrected chi connectivity index (χ0v) is 12.1. The third-order valence-corrected chi connectivity index (χ3v) is 4.19. The summed E-state index contributed by atoms with van der Waals surface area (Å²) < 4.78 is 0. The standard InChI is InChI=1S/C14H21NO2S/c1-4-5-6-11-7-12(9-15-8-11)18-10-14(2,3)13(16)17/h7-9H,4-6,10H2,1-3H3,(H,16,17). The van der Waals surface area contributed by atoms with Crippen LogP contribution in [0.15, 0.2) is 23.4 Å². The number of unbranched alkanes of at least 4 members (excludes halogenated alkanes) is 1. The molecule has 1 heterocycles. The van der Waals surface area contributed by atoms with Crippen molar-refractivity contribution in [3.63, 3.8) is 0 Å². The fraction of sp³-hybridized carbons (Fsp3) is 0.571. The van der Waals surface area contributed by atoms with Crippen LogP contribution in [-0.4, -0.2) is 21.8 Å². The highest BCUT2D eigenvalue weighted by atomic mass is 32.2. The zero-order chi connectivity index (χ0) is 13.6. The van der Waals surface area contributed by atoms with Gasteiger partial charge in [-0.05, 0) is 38.3 Å². The van der Waals surface area contributed by atoms with Crippen LogP contribution in [0.1, 0.15) is 39.2 Å². The van der Waals surface area contributed by atoms with Crippen LogP contribution in [0.3, 0.4) is 0 Å². The Labute approximate surface area is 113 Å². The van der Waals surface area contributed by atoms with Crippen molar-refractivity contribution in [2.45, 2.75) is 44.9 Å². The Kier molecular flexibility index (Phi) is 5.66. The average Bonchev–Trinajstić information content (AvgIpc) is 2.34. The van der Waals surface area contributed by atoms with Gasteiger partial charge in [-0.3, -0.25) is 9.78 Å². The minimum atomic E-state index is -0.759. The number of nitrogens with zero attached hydrogens (tertiary/aromatic N) is 1. The molecule has 1 aromatic heterocycles. The predicted molar refractivity (Wildman–Crippen MR) is 75.0 cm³/mol. The molecule has 0 atom stereocenters. The number of thioether (sulfide) groups is 1.